The smallest absolute Gasteiger partial charge is 0.238 e. The van der Waals surface area contributed by atoms with Crippen LogP contribution in [0.2, 0.25) is 0 Å². The van der Waals surface area contributed by atoms with Gasteiger partial charge in [0.15, 0.2) is 0 Å². The Labute approximate surface area is 123 Å². The van der Waals surface area contributed by atoms with Crippen LogP contribution in [0.1, 0.15) is 36.5 Å². The zero-order chi connectivity index (χ0) is 14.0. The summed E-state index contributed by atoms with van der Waals surface area (Å²) in [6, 6.07) is 2.09. The molecular weight excluding hydrogens is 276 g/mol. The first kappa shape index (κ1) is 14.9. The Morgan fingerprint density at radius 1 is 1.63 bits per heavy atom. The number of hydrogen-bond acceptors (Lipinski definition) is 4. The van der Waals surface area contributed by atoms with Crippen molar-refractivity contribution in [1.82, 2.24) is 5.32 Å². The van der Waals surface area contributed by atoms with E-state index in [0.717, 1.165) is 12.2 Å². The first-order valence-electron chi connectivity index (χ1n) is 6.68. The summed E-state index contributed by atoms with van der Waals surface area (Å²) in [5.41, 5.74) is 6.71. The van der Waals surface area contributed by atoms with Gasteiger partial charge in [0, 0.05) is 11.4 Å². The largest absolute Gasteiger partial charge is 0.348 e. The molecular formula is C14H22N2OS2. The quantitative estimate of drug-likeness (QED) is 0.898. The number of hydrogen-bond donors (Lipinski definition) is 2. The van der Waals surface area contributed by atoms with Crippen molar-refractivity contribution in [3.8, 4) is 0 Å². The summed E-state index contributed by atoms with van der Waals surface area (Å²) in [7, 11) is 0. The fraction of sp³-hybridized carbons (Fsp3) is 0.643. The second-order valence-corrected chi connectivity index (χ2v) is 7.78. The van der Waals surface area contributed by atoms with Gasteiger partial charge in [0.05, 0.1) is 5.54 Å². The van der Waals surface area contributed by atoms with E-state index in [4.69, 9.17) is 5.73 Å². The molecule has 2 atom stereocenters. The molecule has 0 aromatic carbocycles. The molecule has 1 aromatic heterocycles. The van der Waals surface area contributed by atoms with Gasteiger partial charge in [-0.05, 0) is 42.0 Å². The van der Waals surface area contributed by atoms with Crippen LogP contribution in [0.5, 0.6) is 0 Å². The number of nitrogens with two attached hydrogens (primary N) is 1. The topological polar surface area (TPSA) is 55.1 Å². The molecule has 1 aliphatic rings. The Balaban J connectivity index is 2.14. The van der Waals surface area contributed by atoms with E-state index >= 15 is 0 Å². The molecule has 0 saturated carbocycles. The third kappa shape index (κ3) is 2.98. The number of thioether (sulfide) groups is 1. The summed E-state index contributed by atoms with van der Waals surface area (Å²) in [6.07, 6.45) is 1.08. The number of rotatable bonds is 4. The Kier molecular flexibility index (Phi) is 4.58. The molecule has 0 bridgehead atoms. The van der Waals surface area contributed by atoms with Gasteiger partial charge in [-0.25, -0.2) is 0 Å². The fourth-order valence-electron chi connectivity index (χ4n) is 2.14. The lowest BCUT2D eigenvalue weighted by Gasteiger charge is -2.35. The first-order valence-corrected chi connectivity index (χ1v) is 8.60. The lowest BCUT2D eigenvalue weighted by molar-refractivity contribution is -0.122. The highest BCUT2D eigenvalue weighted by Crippen LogP contribution is 2.39. The number of nitrogens with one attached hydrogen (secondary N) is 1. The van der Waals surface area contributed by atoms with Crippen LogP contribution in [0.3, 0.4) is 0 Å². The standard InChI is InChI=1S/C14H22N2OS2/c1-9(2)14(3,8-15)16-13(17)12-10-4-6-18-11(10)5-7-19-12/h4,6,9,12H,5,7-8,15H2,1-3H3,(H,16,17). The van der Waals surface area contributed by atoms with E-state index in [0.29, 0.717) is 12.5 Å². The highest BCUT2D eigenvalue weighted by atomic mass is 32.2. The van der Waals surface area contributed by atoms with E-state index in [9.17, 15) is 4.79 Å². The fourth-order valence-corrected chi connectivity index (χ4v) is 4.43. The average Bonchev–Trinajstić information content (AvgIpc) is 2.86. The van der Waals surface area contributed by atoms with E-state index < -0.39 is 0 Å². The van der Waals surface area contributed by atoms with E-state index in [2.05, 4.69) is 30.6 Å². The Morgan fingerprint density at radius 3 is 3.00 bits per heavy atom. The first-order chi connectivity index (χ1) is 8.98. The average molecular weight is 298 g/mol. The minimum Gasteiger partial charge on any atom is -0.348 e. The molecule has 1 amide bonds. The van der Waals surface area contributed by atoms with Crippen LogP contribution >= 0.6 is 23.1 Å². The lowest BCUT2D eigenvalue weighted by atomic mass is 9.88. The van der Waals surface area contributed by atoms with Crippen LogP contribution in [-0.4, -0.2) is 23.7 Å². The predicted octanol–water partition coefficient (Wildman–Crippen LogP) is 2.57. The van der Waals surface area contributed by atoms with E-state index in [1.807, 2.05) is 6.92 Å². The van der Waals surface area contributed by atoms with Crippen molar-refractivity contribution in [2.45, 2.75) is 38.0 Å². The summed E-state index contributed by atoms with van der Waals surface area (Å²) >= 11 is 3.49. The molecule has 0 spiro atoms. The van der Waals surface area contributed by atoms with Crippen molar-refractivity contribution in [1.29, 1.82) is 0 Å². The van der Waals surface area contributed by atoms with Gasteiger partial charge in [-0.2, -0.15) is 0 Å². The molecule has 0 saturated heterocycles. The molecule has 1 aliphatic heterocycles. The van der Waals surface area contributed by atoms with Crippen molar-refractivity contribution < 1.29 is 4.79 Å². The van der Waals surface area contributed by atoms with Gasteiger partial charge in [-0.15, -0.1) is 23.1 Å². The Bertz CT molecular complexity index is 458. The molecule has 3 nitrogen and oxygen atoms in total. The molecule has 3 N–H and O–H groups in total. The Morgan fingerprint density at radius 2 is 2.37 bits per heavy atom. The van der Waals surface area contributed by atoms with Crippen LogP contribution in [-0.2, 0) is 11.2 Å². The molecule has 5 heteroatoms. The molecule has 0 aliphatic carbocycles. The minimum absolute atomic E-state index is 0.0698. The van der Waals surface area contributed by atoms with Gasteiger partial charge in [0.2, 0.25) is 5.91 Å². The maximum Gasteiger partial charge on any atom is 0.238 e. The predicted molar refractivity (Wildman–Crippen MR) is 83.7 cm³/mol. The zero-order valence-corrected chi connectivity index (χ0v) is 13.4. The third-order valence-corrected chi connectivity index (χ3v) is 6.26. The van der Waals surface area contributed by atoms with E-state index in [1.54, 1.807) is 23.1 Å². The molecule has 0 fully saturated rings. The van der Waals surface area contributed by atoms with Gasteiger partial charge in [-0.3, -0.25) is 4.79 Å². The van der Waals surface area contributed by atoms with Gasteiger partial charge >= 0.3 is 0 Å². The second-order valence-electron chi connectivity index (χ2n) is 5.57. The summed E-state index contributed by atoms with van der Waals surface area (Å²) in [5, 5.41) is 5.18. The number of amides is 1. The molecule has 2 heterocycles. The van der Waals surface area contributed by atoms with Gasteiger partial charge in [0.25, 0.3) is 0 Å². The van der Waals surface area contributed by atoms with Gasteiger partial charge in [0.1, 0.15) is 5.25 Å². The summed E-state index contributed by atoms with van der Waals surface area (Å²) < 4.78 is 0. The van der Waals surface area contributed by atoms with E-state index in [1.165, 1.54) is 10.4 Å². The van der Waals surface area contributed by atoms with Crippen LogP contribution in [0.15, 0.2) is 11.4 Å². The lowest BCUT2D eigenvalue weighted by Crippen LogP contribution is -2.56. The maximum absolute atomic E-state index is 12.6. The van der Waals surface area contributed by atoms with Crippen molar-refractivity contribution in [2.75, 3.05) is 12.3 Å². The minimum atomic E-state index is -0.328. The molecule has 2 unspecified atom stereocenters. The number of carbonyl (C=O) groups is 1. The van der Waals surface area contributed by atoms with Crippen LogP contribution < -0.4 is 11.1 Å². The Hall–Kier alpha value is -0.520. The number of thiophene rings is 1. The molecule has 1 aromatic rings. The van der Waals surface area contributed by atoms with Crippen LogP contribution in [0.25, 0.3) is 0 Å². The molecule has 2 rings (SSSR count). The molecule has 0 radical (unpaired) electrons. The number of carbonyl (C=O) groups excluding carboxylic acids is 1. The number of aryl methyl sites for hydroxylation is 1. The van der Waals surface area contributed by atoms with Gasteiger partial charge in [-0.1, -0.05) is 13.8 Å². The van der Waals surface area contributed by atoms with E-state index in [-0.39, 0.29) is 16.7 Å². The summed E-state index contributed by atoms with van der Waals surface area (Å²) in [4.78, 5) is 13.9. The highest BCUT2D eigenvalue weighted by molar-refractivity contribution is 8.00. The summed E-state index contributed by atoms with van der Waals surface area (Å²) in [6.45, 7) is 6.68. The summed E-state index contributed by atoms with van der Waals surface area (Å²) in [5.74, 6) is 1.44. The van der Waals surface area contributed by atoms with Crippen molar-refractivity contribution in [3.63, 3.8) is 0 Å². The monoisotopic (exact) mass is 298 g/mol. The van der Waals surface area contributed by atoms with Crippen molar-refractivity contribution in [3.05, 3.63) is 21.9 Å². The number of fused-ring (bicyclic) bond motifs is 1. The van der Waals surface area contributed by atoms with Gasteiger partial charge < -0.3 is 11.1 Å². The highest BCUT2D eigenvalue weighted by Gasteiger charge is 2.34. The molecule has 106 valence electrons. The second kappa shape index (κ2) is 5.85. The third-order valence-electron chi connectivity index (χ3n) is 4.02. The normalized spacial score (nSPS) is 21.8. The van der Waals surface area contributed by atoms with Crippen LogP contribution in [0, 0.1) is 5.92 Å². The molecule has 19 heavy (non-hydrogen) atoms. The zero-order valence-electron chi connectivity index (χ0n) is 11.7. The van der Waals surface area contributed by atoms with Crippen molar-refractivity contribution >= 4 is 29.0 Å². The van der Waals surface area contributed by atoms with Crippen molar-refractivity contribution in [2.24, 2.45) is 11.7 Å². The maximum atomic E-state index is 12.6. The van der Waals surface area contributed by atoms with Crippen LogP contribution in [0.4, 0.5) is 0 Å². The SMILES string of the molecule is CC(C)C(C)(CN)NC(=O)C1SCCc2sccc21.